The van der Waals surface area contributed by atoms with Gasteiger partial charge in [-0.25, -0.2) is 9.48 Å². The molecule has 7 heteroatoms. The maximum atomic E-state index is 13.1. The van der Waals surface area contributed by atoms with E-state index in [1.165, 1.54) is 7.11 Å². The van der Waals surface area contributed by atoms with Crippen LogP contribution in [-0.4, -0.2) is 28.9 Å². The van der Waals surface area contributed by atoms with Gasteiger partial charge in [0.25, 0.3) is 5.91 Å². The Bertz CT molecular complexity index is 1250. The molecule has 4 aromatic rings. The van der Waals surface area contributed by atoms with Crippen molar-refractivity contribution in [1.29, 1.82) is 0 Å². The summed E-state index contributed by atoms with van der Waals surface area (Å²) < 4.78 is 6.31. The molecule has 0 unspecified atom stereocenters. The van der Waals surface area contributed by atoms with Gasteiger partial charge in [-0.2, -0.15) is 5.10 Å². The van der Waals surface area contributed by atoms with Gasteiger partial charge >= 0.3 is 6.09 Å². The van der Waals surface area contributed by atoms with Crippen LogP contribution in [0.5, 0.6) is 0 Å². The van der Waals surface area contributed by atoms with E-state index in [-0.39, 0.29) is 5.91 Å². The highest BCUT2D eigenvalue weighted by molar-refractivity contribution is 5.99. The minimum absolute atomic E-state index is 0.219. The highest BCUT2D eigenvalue weighted by Gasteiger charge is 2.18. The molecular weight excluding hydrogens is 416 g/mol. The van der Waals surface area contributed by atoms with Gasteiger partial charge in [-0.15, -0.1) is 0 Å². The van der Waals surface area contributed by atoms with Crippen LogP contribution in [0.4, 0.5) is 10.5 Å². The van der Waals surface area contributed by atoms with Crippen molar-refractivity contribution < 1.29 is 14.3 Å². The Morgan fingerprint density at radius 1 is 0.939 bits per heavy atom. The SMILES string of the molecule is COC(=O)Nc1ccc(CNC(=O)c2cn(-c3ccc(C)cc3)nc2-c2ccccc2)cc1. The van der Waals surface area contributed by atoms with Crippen molar-refractivity contribution in [2.45, 2.75) is 13.5 Å². The number of nitrogens with zero attached hydrogens (tertiary/aromatic N) is 2. The van der Waals surface area contributed by atoms with E-state index in [1.54, 1.807) is 23.0 Å². The number of aromatic nitrogens is 2. The first kappa shape index (κ1) is 21.8. The van der Waals surface area contributed by atoms with E-state index < -0.39 is 6.09 Å². The van der Waals surface area contributed by atoms with Gasteiger partial charge in [0.15, 0.2) is 0 Å². The molecule has 166 valence electrons. The van der Waals surface area contributed by atoms with Crippen LogP contribution in [0.15, 0.2) is 85.1 Å². The molecule has 0 spiro atoms. The minimum atomic E-state index is -0.532. The smallest absolute Gasteiger partial charge is 0.411 e. The van der Waals surface area contributed by atoms with E-state index in [4.69, 9.17) is 5.10 Å². The van der Waals surface area contributed by atoms with Crippen molar-refractivity contribution in [2.24, 2.45) is 0 Å². The maximum Gasteiger partial charge on any atom is 0.411 e. The van der Waals surface area contributed by atoms with E-state index >= 15 is 0 Å². The van der Waals surface area contributed by atoms with Gasteiger partial charge in [0.2, 0.25) is 0 Å². The summed E-state index contributed by atoms with van der Waals surface area (Å²) in [4.78, 5) is 24.4. The molecule has 0 aliphatic carbocycles. The summed E-state index contributed by atoms with van der Waals surface area (Å²) in [6.45, 7) is 2.36. The molecule has 3 aromatic carbocycles. The van der Waals surface area contributed by atoms with Gasteiger partial charge in [-0.3, -0.25) is 10.1 Å². The Morgan fingerprint density at radius 2 is 1.64 bits per heavy atom. The van der Waals surface area contributed by atoms with Crippen molar-refractivity contribution in [3.8, 4) is 16.9 Å². The van der Waals surface area contributed by atoms with Crippen molar-refractivity contribution in [3.63, 3.8) is 0 Å². The second kappa shape index (κ2) is 9.82. The Kier molecular flexibility index (Phi) is 6.50. The fourth-order valence-electron chi connectivity index (χ4n) is 3.33. The third-order valence-electron chi connectivity index (χ3n) is 5.14. The number of benzene rings is 3. The zero-order valence-corrected chi connectivity index (χ0v) is 18.4. The zero-order chi connectivity index (χ0) is 23.2. The van der Waals surface area contributed by atoms with Crippen molar-refractivity contribution in [1.82, 2.24) is 15.1 Å². The van der Waals surface area contributed by atoms with E-state index in [9.17, 15) is 9.59 Å². The number of nitrogens with one attached hydrogen (secondary N) is 2. The van der Waals surface area contributed by atoms with Gasteiger partial charge in [-0.1, -0.05) is 60.2 Å². The van der Waals surface area contributed by atoms with Gasteiger partial charge in [0, 0.05) is 24.0 Å². The first-order valence-electron chi connectivity index (χ1n) is 10.5. The number of hydrogen-bond acceptors (Lipinski definition) is 4. The van der Waals surface area contributed by atoms with Crippen LogP contribution in [0.3, 0.4) is 0 Å². The number of hydrogen-bond donors (Lipinski definition) is 2. The second-order valence-electron chi connectivity index (χ2n) is 7.53. The number of rotatable bonds is 6. The molecule has 0 fully saturated rings. The molecular formula is C26H24N4O3. The topological polar surface area (TPSA) is 85.3 Å². The van der Waals surface area contributed by atoms with Gasteiger partial charge in [0.05, 0.1) is 18.4 Å². The number of methoxy groups -OCH3 is 1. The average molecular weight is 441 g/mol. The van der Waals surface area contributed by atoms with Gasteiger partial charge in [-0.05, 0) is 36.8 Å². The standard InChI is InChI=1S/C26H24N4O3/c1-18-8-14-22(15-9-18)30-17-23(24(29-30)20-6-4-3-5-7-20)25(31)27-16-19-10-12-21(13-11-19)28-26(32)33-2/h3-15,17H,16H2,1-2H3,(H,27,31)(H,28,32). The van der Waals surface area contributed by atoms with E-state index in [1.807, 2.05) is 73.7 Å². The molecule has 1 heterocycles. The molecule has 0 atom stereocenters. The molecule has 7 nitrogen and oxygen atoms in total. The highest BCUT2D eigenvalue weighted by atomic mass is 16.5. The molecule has 0 saturated carbocycles. The summed E-state index contributed by atoms with van der Waals surface area (Å²) in [5.74, 6) is -0.219. The molecule has 0 bridgehead atoms. The lowest BCUT2D eigenvalue weighted by Gasteiger charge is -2.07. The summed E-state index contributed by atoms with van der Waals surface area (Å²) in [7, 11) is 1.31. The van der Waals surface area contributed by atoms with Crippen molar-refractivity contribution >= 4 is 17.7 Å². The van der Waals surface area contributed by atoms with E-state index in [2.05, 4.69) is 15.4 Å². The Labute approximate surface area is 192 Å². The van der Waals surface area contributed by atoms with Crippen LogP contribution >= 0.6 is 0 Å². The third-order valence-corrected chi connectivity index (χ3v) is 5.14. The van der Waals surface area contributed by atoms with Crippen LogP contribution in [-0.2, 0) is 11.3 Å². The van der Waals surface area contributed by atoms with Crippen LogP contribution in [0.25, 0.3) is 16.9 Å². The first-order valence-corrected chi connectivity index (χ1v) is 10.5. The molecule has 2 N–H and O–H groups in total. The Morgan fingerprint density at radius 3 is 2.30 bits per heavy atom. The molecule has 4 rings (SSSR count). The largest absolute Gasteiger partial charge is 0.453 e. The fraction of sp³-hybridized carbons (Fsp3) is 0.115. The average Bonchev–Trinajstić information content (AvgIpc) is 3.30. The third kappa shape index (κ3) is 5.27. The second-order valence-corrected chi connectivity index (χ2v) is 7.53. The molecule has 0 aliphatic heterocycles. The van der Waals surface area contributed by atoms with Crippen LogP contribution < -0.4 is 10.6 Å². The van der Waals surface area contributed by atoms with E-state index in [0.29, 0.717) is 23.5 Å². The van der Waals surface area contributed by atoms with Crippen LogP contribution in [0, 0.1) is 6.92 Å². The van der Waals surface area contributed by atoms with Gasteiger partial charge < -0.3 is 10.1 Å². The fourth-order valence-corrected chi connectivity index (χ4v) is 3.33. The summed E-state index contributed by atoms with van der Waals surface area (Å²) >= 11 is 0. The minimum Gasteiger partial charge on any atom is -0.453 e. The van der Waals surface area contributed by atoms with Crippen LogP contribution in [0.2, 0.25) is 0 Å². The lowest BCUT2D eigenvalue weighted by molar-refractivity contribution is 0.0951. The normalized spacial score (nSPS) is 10.5. The van der Waals surface area contributed by atoms with Gasteiger partial charge in [0.1, 0.15) is 5.69 Å². The molecule has 2 amide bonds. The predicted octanol–water partition coefficient (Wildman–Crippen LogP) is 4.96. The quantitative estimate of drug-likeness (QED) is 0.444. The number of carbonyl (C=O) groups is 2. The number of carbonyl (C=O) groups excluding carboxylic acids is 2. The lowest BCUT2D eigenvalue weighted by Crippen LogP contribution is -2.23. The maximum absolute atomic E-state index is 13.1. The summed E-state index contributed by atoms with van der Waals surface area (Å²) in [6.07, 6.45) is 1.22. The number of ether oxygens (including phenoxy) is 1. The zero-order valence-electron chi connectivity index (χ0n) is 18.4. The molecule has 0 radical (unpaired) electrons. The summed E-state index contributed by atoms with van der Waals surface area (Å²) in [5.41, 5.74) is 5.52. The molecule has 1 aromatic heterocycles. The summed E-state index contributed by atoms with van der Waals surface area (Å²) in [5, 5.41) is 10.3. The molecule has 33 heavy (non-hydrogen) atoms. The first-order chi connectivity index (χ1) is 16.0. The number of anilines is 1. The Hall–Kier alpha value is -4.39. The predicted molar refractivity (Wildman–Crippen MR) is 127 cm³/mol. The van der Waals surface area contributed by atoms with Crippen molar-refractivity contribution in [2.75, 3.05) is 12.4 Å². The Balaban J connectivity index is 1.55. The molecule has 0 saturated heterocycles. The van der Waals surface area contributed by atoms with Crippen LogP contribution in [0.1, 0.15) is 21.5 Å². The number of amides is 2. The number of aryl methyl sites for hydroxylation is 1. The van der Waals surface area contributed by atoms with E-state index in [0.717, 1.165) is 22.4 Å². The molecule has 0 aliphatic rings. The monoisotopic (exact) mass is 440 g/mol. The highest BCUT2D eigenvalue weighted by Crippen LogP contribution is 2.24. The lowest BCUT2D eigenvalue weighted by atomic mass is 10.1. The summed E-state index contributed by atoms with van der Waals surface area (Å²) in [6, 6.07) is 24.8. The van der Waals surface area contributed by atoms with Crippen molar-refractivity contribution in [3.05, 3.63) is 102 Å².